The summed E-state index contributed by atoms with van der Waals surface area (Å²) >= 11 is 0. The monoisotopic (exact) mass is 588 g/mol. The van der Waals surface area contributed by atoms with Crippen LogP contribution in [0.15, 0.2) is 36.9 Å². The van der Waals surface area contributed by atoms with Crippen molar-refractivity contribution in [3.05, 3.63) is 42.5 Å². The number of benzene rings is 1. The second-order valence-corrected chi connectivity index (χ2v) is 17.3. The highest BCUT2D eigenvalue weighted by atomic mass is 28.4. The summed E-state index contributed by atoms with van der Waals surface area (Å²) in [5.74, 6) is -1.78. The van der Waals surface area contributed by atoms with E-state index in [0.717, 1.165) is 5.56 Å². The summed E-state index contributed by atoms with van der Waals surface area (Å²) in [6, 6.07) is 4.75. The molecule has 2 rings (SSSR count). The van der Waals surface area contributed by atoms with Crippen LogP contribution in [0.5, 0.6) is 5.75 Å². The highest BCUT2D eigenvalue weighted by Crippen LogP contribution is 2.37. The molecule has 3 atom stereocenters. The molecule has 11 heteroatoms. The van der Waals surface area contributed by atoms with Gasteiger partial charge in [0.05, 0.1) is 0 Å². The van der Waals surface area contributed by atoms with Gasteiger partial charge in [0.2, 0.25) is 20.1 Å². The van der Waals surface area contributed by atoms with Crippen molar-refractivity contribution in [2.75, 3.05) is 6.54 Å². The Morgan fingerprint density at radius 2 is 1.90 bits per heavy atom. The van der Waals surface area contributed by atoms with Gasteiger partial charge in [-0.05, 0) is 61.0 Å². The number of amides is 3. The van der Waals surface area contributed by atoms with E-state index in [2.05, 4.69) is 56.5 Å². The van der Waals surface area contributed by atoms with E-state index in [4.69, 9.17) is 4.43 Å². The second kappa shape index (κ2) is 14.6. The number of carboxylic acid groups (broad SMARTS) is 1. The maximum absolute atomic E-state index is 13.7. The lowest BCUT2D eigenvalue weighted by Crippen LogP contribution is -2.61. The van der Waals surface area contributed by atoms with Gasteiger partial charge in [-0.15, -0.1) is 6.58 Å². The summed E-state index contributed by atoms with van der Waals surface area (Å²) in [7, 11) is -2.11. The van der Waals surface area contributed by atoms with Crippen molar-refractivity contribution in [3.63, 3.8) is 0 Å². The number of hydrazine groups is 1. The van der Waals surface area contributed by atoms with E-state index >= 15 is 0 Å². The minimum absolute atomic E-state index is 0.00193. The first-order valence-electron chi connectivity index (χ1n) is 14.3. The molecule has 3 amide bonds. The molecule has 228 valence electrons. The third-order valence-corrected chi connectivity index (χ3v) is 12.1. The molecule has 41 heavy (non-hydrogen) atoms. The van der Waals surface area contributed by atoms with E-state index in [0.29, 0.717) is 31.6 Å². The molecular weight excluding hydrogens is 540 g/mol. The zero-order chi connectivity index (χ0) is 31.0. The van der Waals surface area contributed by atoms with Crippen LogP contribution >= 0.6 is 0 Å². The number of nitrogens with zero attached hydrogens (tertiary/aromatic N) is 1. The van der Waals surface area contributed by atoms with Gasteiger partial charge in [-0.2, -0.15) is 0 Å². The van der Waals surface area contributed by atoms with Gasteiger partial charge >= 0.3 is 5.97 Å². The normalized spacial score (nSPS) is 17.4. The van der Waals surface area contributed by atoms with Gasteiger partial charge in [0, 0.05) is 19.4 Å². The number of allylic oxidation sites excluding steroid dienone is 1. The van der Waals surface area contributed by atoms with Gasteiger partial charge < -0.3 is 20.2 Å². The summed E-state index contributed by atoms with van der Waals surface area (Å²) in [6.45, 7) is 18.4. The lowest BCUT2D eigenvalue weighted by molar-refractivity contribution is -0.148. The highest BCUT2D eigenvalue weighted by molar-refractivity contribution is 6.74. The molecule has 0 saturated carbocycles. The van der Waals surface area contributed by atoms with Gasteiger partial charge in [-0.25, -0.2) is 5.43 Å². The molecule has 4 N–H and O–H groups in total. The Morgan fingerprint density at radius 1 is 1.22 bits per heavy atom. The topological polar surface area (TPSA) is 137 Å². The number of nitrogens with one attached hydrogen (secondary N) is 3. The summed E-state index contributed by atoms with van der Waals surface area (Å²) in [6.07, 6.45) is 3.40. The SMILES string of the molecule is C=CCCC(=O)NC(C(=O)NC(Cc1cccc(O[Si](C)(C)C(C)(C)C)c1)C(=O)N1CCCC(C(=O)O)N1)C(C)C. The number of carbonyl (C=O) groups excluding carboxylic acids is 3. The maximum atomic E-state index is 13.7. The van der Waals surface area contributed by atoms with Crippen LogP contribution in [0.2, 0.25) is 18.1 Å². The smallest absolute Gasteiger partial charge is 0.322 e. The minimum atomic E-state index is -2.11. The molecule has 0 aliphatic carbocycles. The third-order valence-electron chi connectivity index (χ3n) is 7.72. The molecule has 1 heterocycles. The van der Waals surface area contributed by atoms with Gasteiger partial charge in [-0.3, -0.25) is 24.2 Å². The Balaban J connectivity index is 2.34. The molecule has 0 aromatic heterocycles. The molecule has 1 aliphatic heterocycles. The fourth-order valence-electron chi connectivity index (χ4n) is 4.21. The molecule has 10 nitrogen and oxygen atoms in total. The Morgan fingerprint density at radius 3 is 2.49 bits per heavy atom. The van der Waals surface area contributed by atoms with Crippen molar-refractivity contribution in [1.29, 1.82) is 0 Å². The number of hydrogen-bond acceptors (Lipinski definition) is 6. The fraction of sp³-hybridized carbons (Fsp3) is 0.600. The van der Waals surface area contributed by atoms with Crippen LogP contribution in [0, 0.1) is 5.92 Å². The molecule has 1 aliphatic rings. The zero-order valence-corrected chi connectivity index (χ0v) is 26.6. The van der Waals surface area contributed by atoms with Crippen LogP contribution in [0.3, 0.4) is 0 Å². The van der Waals surface area contributed by atoms with E-state index in [1.54, 1.807) is 6.08 Å². The molecule has 0 spiro atoms. The average molecular weight is 589 g/mol. The van der Waals surface area contributed by atoms with E-state index < -0.39 is 44.2 Å². The van der Waals surface area contributed by atoms with Crippen LogP contribution in [0.25, 0.3) is 0 Å². The standard InChI is InChI=1S/C30H48N4O6Si/c1-9-10-16-25(35)32-26(20(2)3)27(36)31-24(28(37)34-17-12-15-23(33-34)29(38)39)19-21-13-11-14-22(18-21)40-41(7,8)30(4,5)6/h9,11,13-14,18,20,23-24,26,33H,1,10,12,15-17,19H2,2-8H3,(H,31,36)(H,32,35)(H,38,39). The molecule has 3 unspecified atom stereocenters. The van der Waals surface area contributed by atoms with Crippen molar-refractivity contribution in [2.24, 2.45) is 5.92 Å². The molecular formula is C30H48N4O6Si. The number of aliphatic carboxylic acids is 1. The molecule has 1 fully saturated rings. The second-order valence-electron chi connectivity index (χ2n) is 12.5. The first-order valence-corrected chi connectivity index (χ1v) is 17.3. The van der Waals surface area contributed by atoms with Crippen LogP contribution in [-0.4, -0.2) is 66.8 Å². The van der Waals surface area contributed by atoms with Crippen LogP contribution in [0.1, 0.15) is 65.9 Å². The summed E-state index contributed by atoms with van der Waals surface area (Å²) in [5, 5.41) is 16.4. The van der Waals surface area contributed by atoms with Crippen molar-refractivity contribution in [1.82, 2.24) is 21.1 Å². The quantitative estimate of drug-likeness (QED) is 0.203. The van der Waals surface area contributed by atoms with Crippen molar-refractivity contribution in [2.45, 2.75) is 103 Å². The Kier molecular flexibility index (Phi) is 12.1. The molecule has 0 bridgehead atoms. The first kappa shape index (κ1) is 34.0. The average Bonchev–Trinajstić information content (AvgIpc) is 2.88. The minimum Gasteiger partial charge on any atom is -0.543 e. The van der Waals surface area contributed by atoms with Crippen LogP contribution < -0.4 is 20.5 Å². The Bertz CT molecular complexity index is 1100. The number of carboxylic acids is 1. The predicted octanol–water partition coefficient (Wildman–Crippen LogP) is 3.79. The van der Waals surface area contributed by atoms with E-state index in [-0.39, 0.29) is 29.7 Å². The molecule has 1 aromatic carbocycles. The summed E-state index contributed by atoms with van der Waals surface area (Å²) in [5.41, 5.74) is 3.57. The lowest BCUT2D eigenvalue weighted by Gasteiger charge is -2.36. The Labute approximate surface area is 245 Å². The fourth-order valence-corrected chi connectivity index (χ4v) is 5.23. The first-order chi connectivity index (χ1) is 19.1. The lowest BCUT2D eigenvalue weighted by atomic mass is 10.00. The maximum Gasteiger partial charge on any atom is 0.322 e. The molecule has 1 saturated heterocycles. The molecule has 1 aromatic rings. The van der Waals surface area contributed by atoms with Gasteiger partial charge in [0.25, 0.3) is 5.91 Å². The number of hydrogen-bond donors (Lipinski definition) is 4. The van der Waals surface area contributed by atoms with Gasteiger partial charge in [-0.1, -0.05) is 52.8 Å². The predicted molar refractivity (Wildman–Crippen MR) is 162 cm³/mol. The third kappa shape index (κ3) is 10.00. The highest BCUT2D eigenvalue weighted by Gasteiger charge is 2.39. The van der Waals surface area contributed by atoms with Crippen LogP contribution in [0.4, 0.5) is 0 Å². The van der Waals surface area contributed by atoms with E-state index in [1.165, 1.54) is 5.01 Å². The molecule has 0 radical (unpaired) electrons. The Hall–Kier alpha value is -3.18. The van der Waals surface area contributed by atoms with Crippen molar-refractivity contribution >= 4 is 32.0 Å². The van der Waals surface area contributed by atoms with Crippen molar-refractivity contribution < 1.29 is 28.7 Å². The van der Waals surface area contributed by atoms with E-state index in [9.17, 15) is 24.3 Å². The zero-order valence-electron chi connectivity index (χ0n) is 25.6. The van der Waals surface area contributed by atoms with Gasteiger partial charge in [0.1, 0.15) is 23.9 Å². The number of carbonyl (C=O) groups is 4. The summed E-state index contributed by atoms with van der Waals surface area (Å²) in [4.78, 5) is 51.2. The van der Waals surface area contributed by atoms with Gasteiger partial charge in [0.15, 0.2) is 0 Å². The summed E-state index contributed by atoms with van der Waals surface area (Å²) < 4.78 is 6.46. The number of rotatable bonds is 13. The van der Waals surface area contributed by atoms with Crippen molar-refractivity contribution in [3.8, 4) is 5.75 Å². The van der Waals surface area contributed by atoms with Crippen LogP contribution in [-0.2, 0) is 25.6 Å². The van der Waals surface area contributed by atoms with E-state index in [1.807, 2.05) is 38.1 Å². The largest absolute Gasteiger partial charge is 0.543 e.